The van der Waals surface area contributed by atoms with E-state index in [4.69, 9.17) is 10.6 Å². The number of rotatable bonds is 10. The first-order valence-electron chi connectivity index (χ1n) is 13.8. The van der Waals surface area contributed by atoms with Gasteiger partial charge < -0.3 is 21.0 Å². The van der Waals surface area contributed by atoms with Crippen molar-refractivity contribution in [2.45, 2.75) is 17.0 Å². The number of thiazole rings is 1. The molecule has 2 aliphatic rings. The number of aromatic nitrogens is 1. The highest BCUT2D eigenvalue weighted by atomic mass is 32.2. The lowest BCUT2D eigenvalue weighted by Gasteiger charge is -2.49. The second-order valence-corrected chi connectivity index (χ2v) is 12.1. The number of fused-ring (bicyclic) bond motifs is 1. The Hall–Kier alpha value is -5.20. The highest BCUT2D eigenvalue weighted by Crippen LogP contribution is 2.42. The molecule has 12 heteroatoms. The summed E-state index contributed by atoms with van der Waals surface area (Å²) in [5.74, 6) is -2.19. The first-order chi connectivity index (χ1) is 21.8. The summed E-state index contributed by atoms with van der Waals surface area (Å²) in [5, 5.41) is 18.2. The third kappa shape index (κ3) is 5.38. The zero-order chi connectivity index (χ0) is 31.6. The summed E-state index contributed by atoms with van der Waals surface area (Å²) in [6, 6.07) is 27.6. The summed E-state index contributed by atoms with van der Waals surface area (Å²) in [5.41, 5.74) is 7.23. The number of hydrogen-bond donors (Lipinski definition) is 3. The molecular formula is C33H27N5O5S2. The Bertz CT molecular complexity index is 1730. The number of benzene rings is 3. The fourth-order valence-electron chi connectivity index (χ4n) is 5.40. The molecule has 2 aliphatic heterocycles. The number of hydrogen-bond acceptors (Lipinski definition) is 9. The zero-order valence-electron chi connectivity index (χ0n) is 23.7. The van der Waals surface area contributed by atoms with Gasteiger partial charge in [0.25, 0.3) is 11.8 Å². The van der Waals surface area contributed by atoms with Crippen LogP contribution in [0.4, 0.5) is 5.13 Å². The number of carboxylic acids is 1. The maximum atomic E-state index is 13.9. The number of allylic oxidation sites excluding steroid dienone is 1. The van der Waals surface area contributed by atoms with Crippen molar-refractivity contribution < 1.29 is 24.3 Å². The molecule has 3 heterocycles. The average molecular weight is 638 g/mol. The van der Waals surface area contributed by atoms with Gasteiger partial charge in [0.2, 0.25) is 5.60 Å². The Morgan fingerprint density at radius 2 is 1.58 bits per heavy atom. The molecule has 2 amide bonds. The van der Waals surface area contributed by atoms with Gasteiger partial charge in [0.05, 0.1) is 0 Å². The fraction of sp³-hybridized carbons (Fsp3) is 0.121. The smallest absolute Gasteiger partial charge is 0.352 e. The lowest BCUT2D eigenvalue weighted by Crippen LogP contribution is -2.71. The lowest BCUT2D eigenvalue weighted by atomic mass is 9.80. The summed E-state index contributed by atoms with van der Waals surface area (Å²) < 4.78 is 0. The van der Waals surface area contributed by atoms with Crippen LogP contribution in [-0.2, 0) is 24.8 Å². The number of carboxylic acid groups (broad SMARTS) is 1. The number of aliphatic carboxylic acids is 1. The second-order valence-electron chi connectivity index (χ2n) is 10.1. The van der Waals surface area contributed by atoms with Crippen molar-refractivity contribution in [3.05, 3.63) is 143 Å². The molecule has 6 rings (SSSR count). The van der Waals surface area contributed by atoms with E-state index in [0.29, 0.717) is 11.3 Å². The Kier molecular flexibility index (Phi) is 8.24. The molecule has 0 saturated carbocycles. The lowest BCUT2D eigenvalue weighted by molar-refractivity contribution is -0.150. The maximum absolute atomic E-state index is 13.9. The Morgan fingerprint density at radius 3 is 2.04 bits per heavy atom. The summed E-state index contributed by atoms with van der Waals surface area (Å²) in [6.45, 7) is 3.67. The van der Waals surface area contributed by atoms with Crippen molar-refractivity contribution in [2.75, 3.05) is 11.5 Å². The van der Waals surface area contributed by atoms with Gasteiger partial charge in [-0.2, -0.15) is 0 Å². The Morgan fingerprint density at radius 1 is 1.02 bits per heavy atom. The minimum absolute atomic E-state index is 0.132. The van der Waals surface area contributed by atoms with E-state index in [-0.39, 0.29) is 22.2 Å². The number of thioether (sulfide) groups is 1. The van der Waals surface area contributed by atoms with Gasteiger partial charge in [-0.1, -0.05) is 109 Å². The molecule has 0 bridgehead atoms. The van der Waals surface area contributed by atoms with Crippen LogP contribution in [0.2, 0.25) is 0 Å². The van der Waals surface area contributed by atoms with Crippen LogP contribution in [0, 0.1) is 0 Å². The predicted octanol–water partition coefficient (Wildman–Crippen LogP) is 4.36. The third-order valence-electron chi connectivity index (χ3n) is 7.53. The van der Waals surface area contributed by atoms with E-state index in [1.165, 1.54) is 22.7 Å². The first kappa shape index (κ1) is 29.9. The van der Waals surface area contributed by atoms with E-state index in [9.17, 15) is 19.5 Å². The Balaban J connectivity index is 1.40. The van der Waals surface area contributed by atoms with Crippen molar-refractivity contribution in [3.8, 4) is 0 Å². The van der Waals surface area contributed by atoms with Crippen LogP contribution in [0.1, 0.15) is 22.4 Å². The van der Waals surface area contributed by atoms with Crippen LogP contribution in [0.3, 0.4) is 0 Å². The van der Waals surface area contributed by atoms with Crippen LogP contribution in [0.5, 0.6) is 0 Å². The van der Waals surface area contributed by atoms with Crippen LogP contribution in [0.25, 0.3) is 0 Å². The van der Waals surface area contributed by atoms with Gasteiger partial charge >= 0.3 is 5.97 Å². The largest absolute Gasteiger partial charge is 0.477 e. The van der Waals surface area contributed by atoms with Crippen molar-refractivity contribution in [1.82, 2.24) is 15.2 Å². The van der Waals surface area contributed by atoms with Crippen molar-refractivity contribution >= 4 is 51.7 Å². The van der Waals surface area contributed by atoms with E-state index in [1.807, 2.05) is 91.0 Å². The van der Waals surface area contributed by atoms with Crippen molar-refractivity contribution in [3.63, 3.8) is 0 Å². The van der Waals surface area contributed by atoms with Crippen LogP contribution in [0.15, 0.2) is 125 Å². The molecule has 1 aromatic heterocycles. The molecule has 1 unspecified atom stereocenters. The molecule has 10 nitrogen and oxygen atoms in total. The SMILES string of the molecule is C=CC1=C(C(=O)O)N2C(=O)C(NC(=O)C(=NOC(c3ccccc3)(c3ccccc3)c3ccccc3)c3csc(N)n3)[C@@H]2SC1. The van der Waals surface area contributed by atoms with Gasteiger partial charge in [-0.05, 0) is 5.57 Å². The van der Waals surface area contributed by atoms with E-state index >= 15 is 0 Å². The maximum Gasteiger partial charge on any atom is 0.352 e. The van der Waals surface area contributed by atoms with Gasteiger partial charge in [-0.3, -0.25) is 14.5 Å². The van der Waals surface area contributed by atoms with Crippen LogP contribution in [-0.4, -0.2) is 55.7 Å². The second kappa shape index (κ2) is 12.4. The molecule has 3 aromatic carbocycles. The number of nitrogens with one attached hydrogen (secondary N) is 1. The number of nitrogens with zero attached hydrogens (tertiary/aromatic N) is 3. The molecule has 45 heavy (non-hydrogen) atoms. The third-order valence-corrected chi connectivity index (χ3v) is 9.50. The zero-order valence-corrected chi connectivity index (χ0v) is 25.3. The van der Waals surface area contributed by atoms with Gasteiger partial charge in [0, 0.05) is 27.8 Å². The fourth-order valence-corrected chi connectivity index (χ4v) is 7.29. The predicted molar refractivity (Wildman–Crippen MR) is 173 cm³/mol. The number of β-lactam (4-membered cyclic amide) rings is 1. The topological polar surface area (TPSA) is 147 Å². The molecule has 1 fully saturated rings. The van der Waals surface area contributed by atoms with E-state index in [0.717, 1.165) is 28.0 Å². The van der Waals surface area contributed by atoms with Crippen molar-refractivity contribution in [1.29, 1.82) is 0 Å². The first-order valence-corrected chi connectivity index (χ1v) is 15.8. The summed E-state index contributed by atoms with van der Waals surface area (Å²) in [4.78, 5) is 51.1. The minimum atomic E-state index is -1.28. The quantitative estimate of drug-likeness (QED) is 0.101. The molecule has 2 atom stereocenters. The molecular weight excluding hydrogens is 611 g/mol. The molecule has 226 valence electrons. The van der Waals surface area contributed by atoms with Crippen LogP contribution >= 0.6 is 23.1 Å². The van der Waals surface area contributed by atoms with E-state index < -0.39 is 34.8 Å². The van der Waals surface area contributed by atoms with Crippen LogP contribution < -0.4 is 11.1 Å². The van der Waals surface area contributed by atoms with Gasteiger partial charge in [0.1, 0.15) is 22.8 Å². The van der Waals surface area contributed by atoms with Gasteiger partial charge in [0.15, 0.2) is 10.8 Å². The number of oxime groups is 1. The molecule has 4 N–H and O–H groups in total. The van der Waals surface area contributed by atoms with E-state index in [2.05, 4.69) is 22.0 Å². The number of amides is 2. The Labute approximate surface area is 266 Å². The van der Waals surface area contributed by atoms with E-state index in [1.54, 1.807) is 5.38 Å². The molecule has 4 aromatic rings. The number of nitrogen functional groups attached to an aromatic ring is 1. The highest BCUT2D eigenvalue weighted by molar-refractivity contribution is 8.00. The summed E-state index contributed by atoms with van der Waals surface area (Å²) in [6.07, 6.45) is 1.43. The highest BCUT2D eigenvalue weighted by Gasteiger charge is 2.54. The monoisotopic (exact) mass is 637 g/mol. The summed E-state index contributed by atoms with van der Waals surface area (Å²) in [7, 11) is 0. The van der Waals surface area contributed by atoms with Gasteiger partial charge in [-0.25, -0.2) is 9.78 Å². The molecule has 0 aliphatic carbocycles. The summed E-state index contributed by atoms with van der Waals surface area (Å²) >= 11 is 2.46. The number of anilines is 1. The van der Waals surface area contributed by atoms with Gasteiger partial charge in [-0.15, -0.1) is 23.1 Å². The molecule has 0 radical (unpaired) electrons. The minimum Gasteiger partial charge on any atom is -0.477 e. The van der Waals surface area contributed by atoms with Crippen molar-refractivity contribution in [2.24, 2.45) is 5.16 Å². The standard InChI is InChI=1S/C33H27N5O5S2/c1-2-20-18-44-30-26(29(40)38(30)27(20)31(41)42)36-28(39)25(24-19-45-32(34)35-24)37-43-33(21-12-6-3-7-13-21,22-14-8-4-9-15-22)23-16-10-5-11-17-23/h2-17,19,26,30H,1,18H2,(H2,34,35)(H,36,39)(H,41,42)/t26?,30-/m0/s1. The molecule has 1 saturated heterocycles. The number of carbonyl (C=O) groups excluding carboxylic acids is 2. The average Bonchev–Trinajstić information content (AvgIpc) is 3.51. The number of carbonyl (C=O) groups is 3. The molecule has 0 spiro atoms. The normalized spacial score (nSPS) is 18.1. The number of nitrogens with two attached hydrogens (primary N) is 1.